The Bertz CT molecular complexity index is 278. The van der Waals surface area contributed by atoms with Gasteiger partial charge in [0.2, 0.25) is 5.91 Å². The molecule has 0 spiro atoms. The molecule has 0 radical (unpaired) electrons. The van der Waals surface area contributed by atoms with Gasteiger partial charge in [-0.3, -0.25) is 4.79 Å². The minimum Gasteiger partial charge on any atom is -0.395 e. The van der Waals surface area contributed by atoms with Gasteiger partial charge in [-0.05, 0) is 50.4 Å². The minimum atomic E-state index is 0.113. The van der Waals surface area contributed by atoms with Gasteiger partial charge in [-0.25, -0.2) is 0 Å². The van der Waals surface area contributed by atoms with Crippen molar-refractivity contribution in [2.75, 3.05) is 13.2 Å². The van der Waals surface area contributed by atoms with Crippen molar-refractivity contribution in [2.45, 2.75) is 44.6 Å². The van der Waals surface area contributed by atoms with Crippen LogP contribution < -0.4 is 0 Å². The number of hydrogen-bond acceptors (Lipinski definition) is 2. The molecule has 2 unspecified atom stereocenters. The van der Waals surface area contributed by atoms with Crippen LogP contribution in [0.1, 0.15) is 38.5 Å². The largest absolute Gasteiger partial charge is 0.395 e. The smallest absolute Gasteiger partial charge is 0.226 e. The maximum Gasteiger partial charge on any atom is 0.226 e. The SMILES string of the molecule is O=C(C1CC2CC2C1)N(CCO)C1CCC1. The fourth-order valence-corrected chi connectivity index (χ4v) is 3.43. The van der Waals surface area contributed by atoms with Crippen LogP contribution in [0.4, 0.5) is 0 Å². The molecule has 1 amide bonds. The van der Waals surface area contributed by atoms with Crippen molar-refractivity contribution in [1.82, 2.24) is 4.90 Å². The van der Waals surface area contributed by atoms with E-state index in [-0.39, 0.29) is 12.5 Å². The predicted octanol–water partition coefficient (Wildman–Crippen LogP) is 1.41. The summed E-state index contributed by atoms with van der Waals surface area (Å²) in [6, 6.07) is 0.441. The van der Waals surface area contributed by atoms with Crippen molar-refractivity contribution < 1.29 is 9.90 Å². The molecule has 3 aliphatic carbocycles. The van der Waals surface area contributed by atoms with Gasteiger partial charge in [0.25, 0.3) is 0 Å². The van der Waals surface area contributed by atoms with Gasteiger partial charge in [-0.1, -0.05) is 0 Å². The van der Waals surface area contributed by atoms with E-state index in [9.17, 15) is 4.79 Å². The molecule has 1 N–H and O–H groups in total. The number of hydrogen-bond donors (Lipinski definition) is 1. The fraction of sp³-hybridized carbons (Fsp3) is 0.923. The second-order valence-electron chi connectivity index (χ2n) is 5.76. The quantitative estimate of drug-likeness (QED) is 0.782. The molecule has 0 bridgehead atoms. The molecule has 0 heterocycles. The Morgan fingerprint density at radius 3 is 2.38 bits per heavy atom. The van der Waals surface area contributed by atoms with Crippen molar-refractivity contribution in [3.8, 4) is 0 Å². The molecular weight excluding hydrogens is 202 g/mol. The third-order valence-electron chi connectivity index (χ3n) is 4.73. The molecule has 3 aliphatic rings. The first kappa shape index (κ1) is 10.6. The Morgan fingerprint density at radius 1 is 1.19 bits per heavy atom. The van der Waals surface area contributed by atoms with Crippen LogP contribution >= 0.6 is 0 Å². The Kier molecular flexibility index (Phi) is 2.66. The molecule has 0 aromatic heterocycles. The zero-order valence-corrected chi connectivity index (χ0v) is 9.77. The summed E-state index contributed by atoms with van der Waals surface area (Å²) in [6.07, 6.45) is 7.15. The molecule has 16 heavy (non-hydrogen) atoms. The maximum atomic E-state index is 12.4. The zero-order chi connectivity index (χ0) is 11.1. The highest BCUT2D eigenvalue weighted by molar-refractivity contribution is 5.80. The van der Waals surface area contributed by atoms with E-state index in [1.807, 2.05) is 4.90 Å². The highest BCUT2D eigenvalue weighted by Crippen LogP contribution is 2.54. The molecule has 3 rings (SSSR count). The van der Waals surface area contributed by atoms with E-state index in [0.717, 1.165) is 37.5 Å². The van der Waals surface area contributed by atoms with Crippen LogP contribution in [0.25, 0.3) is 0 Å². The molecule has 3 nitrogen and oxygen atoms in total. The number of fused-ring (bicyclic) bond motifs is 1. The minimum absolute atomic E-state index is 0.113. The number of rotatable bonds is 4. The van der Waals surface area contributed by atoms with E-state index < -0.39 is 0 Å². The molecule has 2 atom stereocenters. The lowest BCUT2D eigenvalue weighted by Gasteiger charge is -2.38. The van der Waals surface area contributed by atoms with Gasteiger partial charge in [0.15, 0.2) is 0 Å². The summed E-state index contributed by atoms with van der Waals surface area (Å²) in [5.74, 6) is 2.36. The van der Waals surface area contributed by atoms with E-state index in [0.29, 0.717) is 18.5 Å². The summed E-state index contributed by atoms with van der Waals surface area (Å²) in [7, 11) is 0. The molecular formula is C13H21NO2. The van der Waals surface area contributed by atoms with Crippen molar-refractivity contribution in [2.24, 2.45) is 17.8 Å². The monoisotopic (exact) mass is 223 g/mol. The number of carbonyl (C=O) groups is 1. The van der Waals surface area contributed by atoms with E-state index in [2.05, 4.69) is 0 Å². The number of carbonyl (C=O) groups excluding carboxylic acids is 1. The van der Waals surface area contributed by atoms with Crippen LogP contribution in [0.3, 0.4) is 0 Å². The van der Waals surface area contributed by atoms with Crippen molar-refractivity contribution in [3.63, 3.8) is 0 Å². The zero-order valence-electron chi connectivity index (χ0n) is 9.77. The molecule has 0 saturated heterocycles. The molecule has 0 aromatic rings. The summed E-state index contributed by atoms with van der Waals surface area (Å²) < 4.78 is 0. The van der Waals surface area contributed by atoms with Gasteiger partial charge < -0.3 is 10.0 Å². The Hall–Kier alpha value is -0.570. The predicted molar refractivity (Wildman–Crippen MR) is 60.8 cm³/mol. The van der Waals surface area contributed by atoms with Gasteiger partial charge in [0.1, 0.15) is 0 Å². The fourth-order valence-electron chi connectivity index (χ4n) is 3.43. The van der Waals surface area contributed by atoms with Crippen LogP contribution in [0.2, 0.25) is 0 Å². The summed E-state index contributed by atoms with van der Waals surface area (Å²) in [5, 5.41) is 9.06. The highest BCUT2D eigenvalue weighted by atomic mass is 16.3. The van der Waals surface area contributed by atoms with Crippen LogP contribution in [0.15, 0.2) is 0 Å². The molecule has 90 valence electrons. The second kappa shape index (κ2) is 4.02. The molecule has 3 heteroatoms. The van der Waals surface area contributed by atoms with Crippen molar-refractivity contribution >= 4 is 5.91 Å². The standard InChI is InChI=1S/C13H21NO2/c15-5-4-14(12-2-1-3-12)13(16)11-7-9-6-10(9)8-11/h9-12,15H,1-8H2. The lowest BCUT2D eigenvalue weighted by atomic mass is 9.89. The Morgan fingerprint density at radius 2 is 1.88 bits per heavy atom. The summed E-state index contributed by atoms with van der Waals surface area (Å²) in [5.41, 5.74) is 0. The molecule has 0 aliphatic heterocycles. The average Bonchev–Trinajstić information content (AvgIpc) is 2.82. The topological polar surface area (TPSA) is 40.5 Å². The van der Waals surface area contributed by atoms with Gasteiger partial charge >= 0.3 is 0 Å². The first-order valence-corrected chi connectivity index (χ1v) is 6.71. The Balaban J connectivity index is 1.61. The highest BCUT2D eigenvalue weighted by Gasteiger charge is 2.49. The molecule has 3 saturated carbocycles. The third kappa shape index (κ3) is 1.75. The lowest BCUT2D eigenvalue weighted by molar-refractivity contribution is -0.140. The molecule has 0 aromatic carbocycles. The second-order valence-corrected chi connectivity index (χ2v) is 5.76. The van der Waals surface area contributed by atoms with Crippen LogP contribution in [-0.4, -0.2) is 35.1 Å². The van der Waals surface area contributed by atoms with E-state index in [4.69, 9.17) is 5.11 Å². The van der Waals surface area contributed by atoms with E-state index in [1.54, 1.807) is 0 Å². The average molecular weight is 223 g/mol. The summed E-state index contributed by atoms with van der Waals surface area (Å²) in [4.78, 5) is 14.3. The third-order valence-corrected chi connectivity index (χ3v) is 4.73. The van der Waals surface area contributed by atoms with Crippen molar-refractivity contribution in [3.05, 3.63) is 0 Å². The maximum absolute atomic E-state index is 12.4. The number of nitrogens with zero attached hydrogens (tertiary/aromatic N) is 1. The molecule has 3 fully saturated rings. The van der Waals surface area contributed by atoms with Gasteiger partial charge in [-0.15, -0.1) is 0 Å². The van der Waals surface area contributed by atoms with E-state index in [1.165, 1.54) is 12.8 Å². The first-order valence-electron chi connectivity index (χ1n) is 6.71. The Labute approximate surface area is 96.8 Å². The number of amides is 1. The summed E-state index contributed by atoms with van der Waals surface area (Å²) >= 11 is 0. The summed E-state index contributed by atoms with van der Waals surface area (Å²) in [6.45, 7) is 0.664. The van der Waals surface area contributed by atoms with Crippen LogP contribution in [0.5, 0.6) is 0 Å². The van der Waals surface area contributed by atoms with Crippen molar-refractivity contribution in [1.29, 1.82) is 0 Å². The number of aliphatic hydroxyl groups is 1. The lowest BCUT2D eigenvalue weighted by Crippen LogP contribution is -2.47. The normalized spacial score (nSPS) is 36.7. The van der Waals surface area contributed by atoms with E-state index >= 15 is 0 Å². The number of aliphatic hydroxyl groups excluding tert-OH is 1. The first-order chi connectivity index (χ1) is 7.79. The van der Waals surface area contributed by atoms with Crippen LogP contribution in [0, 0.1) is 17.8 Å². The van der Waals surface area contributed by atoms with Gasteiger partial charge in [0.05, 0.1) is 6.61 Å². The van der Waals surface area contributed by atoms with Gasteiger partial charge in [-0.2, -0.15) is 0 Å². The van der Waals surface area contributed by atoms with Crippen LogP contribution in [-0.2, 0) is 4.79 Å². The van der Waals surface area contributed by atoms with Gasteiger partial charge in [0, 0.05) is 18.5 Å².